The molecule has 0 heterocycles. The molecule has 0 aliphatic heterocycles. The van der Waals surface area contributed by atoms with E-state index in [-0.39, 0.29) is 86.4 Å². The first-order valence-electron chi connectivity index (χ1n) is 38.1. The third kappa shape index (κ3) is 53.8. The first-order valence-corrected chi connectivity index (χ1v) is 40.9. The van der Waals surface area contributed by atoms with E-state index in [1.54, 1.807) is 24.3 Å². The van der Waals surface area contributed by atoms with Crippen molar-refractivity contribution in [2.24, 2.45) is 0 Å². The van der Waals surface area contributed by atoms with Crippen molar-refractivity contribution in [1.29, 1.82) is 0 Å². The van der Waals surface area contributed by atoms with Crippen molar-refractivity contribution in [2.75, 3.05) is 26.4 Å². The van der Waals surface area contributed by atoms with Gasteiger partial charge < -0.3 is 28.1 Å². The molecule has 0 N–H and O–H groups in total. The van der Waals surface area contributed by atoms with Crippen LogP contribution in [0.5, 0.6) is 0 Å². The Balaban J connectivity index is 0.00000188. The molecule has 17 heteroatoms. The van der Waals surface area contributed by atoms with E-state index < -0.39 is 53.9 Å². The SMILES string of the molecule is CCCCCCCCCCCCC/C=C/COC(=O)c1ccc(S(=O)(=O)[O-])cc1C(=O)OC/C=C/CCCCCCCCCCCCC.CCCCCCCCCCCCC/C=C/COC(=O)c1ccc(S(=O)(=O)[O-])cc1C(=O)OC/C=C/CCCCCCCCCCCCC.[Ca+2]. The zero-order valence-corrected chi connectivity index (χ0v) is 64.9. The van der Waals surface area contributed by atoms with Crippen molar-refractivity contribution in [2.45, 2.75) is 346 Å². The molecule has 0 aliphatic rings. The minimum Gasteiger partial charge on any atom is -0.744 e. The van der Waals surface area contributed by atoms with Gasteiger partial charge in [0.05, 0.1) is 32.0 Å². The largest absolute Gasteiger partial charge is 2.00 e. The molecule has 14 nitrogen and oxygen atoms in total. The number of unbranched alkanes of at least 4 members (excludes halogenated alkanes) is 44. The number of ether oxygens (including phenoxy) is 4. The minimum absolute atomic E-state index is 0. The predicted octanol–water partition coefficient (Wildman–Crippen LogP) is 22.5. The standard InChI is InChI=1S/2C40H66O7S.Ca/c2*1-3-5-7-9-11-13-15-17-19-21-23-25-27-29-33-46-39(41)37-32-31-36(48(43,44)45)35-38(37)40(42)47-34-30-28-26-24-22-20-18-16-14-12-10-8-6-4-2;/h2*27-32,35H,3-26,33-34H2,1-2H3,(H,43,44,45);/q;;+2/p-2/b2*29-27+,30-28+;. The zero-order chi connectivity index (χ0) is 70.3. The summed E-state index contributed by atoms with van der Waals surface area (Å²) >= 11 is 0. The van der Waals surface area contributed by atoms with Crippen molar-refractivity contribution >= 4 is 81.9 Å². The van der Waals surface area contributed by atoms with Crippen molar-refractivity contribution in [3.05, 3.63) is 107 Å². The monoisotopic (exact) mass is 1420 g/mol. The minimum atomic E-state index is -4.83. The Bertz CT molecular complexity index is 2470. The Morgan fingerprint density at radius 1 is 0.278 bits per heavy atom. The van der Waals surface area contributed by atoms with Crippen LogP contribution in [0.3, 0.4) is 0 Å². The van der Waals surface area contributed by atoms with E-state index in [9.17, 15) is 45.1 Å². The van der Waals surface area contributed by atoms with Gasteiger partial charge in [0.25, 0.3) is 0 Å². The Morgan fingerprint density at radius 2 is 0.454 bits per heavy atom. The summed E-state index contributed by atoms with van der Waals surface area (Å²) in [4.78, 5) is 50.0. The van der Waals surface area contributed by atoms with Gasteiger partial charge in [0.2, 0.25) is 0 Å². The summed E-state index contributed by atoms with van der Waals surface area (Å²) in [5, 5.41) is 0. The van der Waals surface area contributed by atoms with E-state index in [1.807, 2.05) is 24.3 Å². The first-order chi connectivity index (χ1) is 46.6. The van der Waals surface area contributed by atoms with E-state index in [4.69, 9.17) is 18.9 Å². The molecule has 0 fully saturated rings. The topological polar surface area (TPSA) is 220 Å². The van der Waals surface area contributed by atoms with Crippen LogP contribution >= 0.6 is 0 Å². The van der Waals surface area contributed by atoms with Crippen molar-refractivity contribution in [3.63, 3.8) is 0 Å². The summed E-state index contributed by atoms with van der Waals surface area (Å²) < 4.78 is 90.7. The van der Waals surface area contributed by atoms with E-state index in [0.717, 1.165) is 101 Å². The van der Waals surface area contributed by atoms with Gasteiger partial charge in [-0.2, -0.15) is 0 Å². The first kappa shape index (κ1) is 93.4. The normalized spacial score (nSPS) is 11.8. The van der Waals surface area contributed by atoms with Crippen LogP contribution in [0, 0.1) is 0 Å². The van der Waals surface area contributed by atoms with Gasteiger partial charge in [-0.1, -0.05) is 333 Å². The summed E-state index contributed by atoms with van der Waals surface area (Å²) in [6.45, 7) is 8.96. The molecule has 0 atom stereocenters. The number of esters is 4. The summed E-state index contributed by atoms with van der Waals surface area (Å²) in [5.74, 6) is -3.36. The quantitative estimate of drug-likeness (QED) is 0.0150. The van der Waals surface area contributed by atoms with Gasteiger partial charge in [-0.25, -0.2) is 36.0 Å². The van der Waals surface area contributed by atoms with Crippen LogP contribution in [0.15, 0.2) is 94.8 Å². The summed E-state index contributed by atoms with van der Waals surface area (Å²) in [5.41, 5.74) is -0.895. The second-order valence-corrected chi connectivity index (χ2v) is 28.7. The molecule has 0 aromatic heterocycles. The number of hydrogen-bond donors (Lipinski definition) is 0. The fourth-order valence-electron chi connectivity index (χ4n) is 11.3. The van der Waals surface area contributed by atoms with E-state index in [1.165, 1.54) is 244 Å². The number of carbonyl (C=O) groups is 4. The fourth-order valence-corrected chi connectivity index (χ4v) is 12.3. The molecule has 0 saturated heterocycles. The maximum absolute atomic E-state index is 12.8. The van der Waals surface area contributed by atoms with Gasteiger partial charge in [-0.05, 0) is 87.8 Å². The summed E-state index contributed by atoms with van der Waals surface area (Å²) in [7, 11) is -9.66. The molecule has 0 saturated carbocycles. The molecule has 0 radical (unpaired) electrons. The van der Waals surface area contributed by atoms with Crippen LogP contribution in [-0.2, 0) is 39.2 Å². The van der Waals surface area contributed by atoms with Gasteiger partial charge in [-0.15, -0.1) is 0 Å². The number of allylic oxidation sites excluding steroid dienone is 4. The summed E-state index contributed by atoms with van der Waals surface area (Å²) in [6.07, 6.45) is 74.8. The number of rotatable bonds is 62. The van der Waals surface area contributed by atoms with Crippen LogP contribution in [0.2, 0.25) is 0 Å². The van der Waals surface area contributed by atoms with E-state index >= 15 is 0 Å². The van der Waals surface area contributed by atoms with Crippen molar-refractivity contribution < 1.29 is 64.1 Å². The molecule has 97 heavy (non-hydrogen) atoms. The Labute approximate surface area is 620 Å². The van der Waals surface area contributed by atoms with Crippen molar-refractivity contribution in [1.82, 2.24) is 0 Å². The molecule has 0 spiro atoms. The van der Waals surface area contributed by atoms with Gasteiger partial charge in [0.1, 0.15) is 46.7 Å². The maximum atomic E-state index is 12.8. The predicted molar refractivity (Wildman–Crippen MR) is 397 cm³/mol. The molecule has 548 valence electrons. The van der Waals surface area contributed by atoms with Gasteiger partial charge in [0, 0.05) is 0 Å². The average Bonchev–Trinajstić information content (AvgIpc) is 0.828. The molecule has 2 aromatic carbocycles. The maximum Gasteiger partial charge on any atom is 2.00 e. The Hall–Kier alpha value is -3.64. The van der Waals surface area contributed by atoms with Crippen LogP contribution in [-0.4, -0.2) is 114 Å². The molecular formula is C80H130CaO14S2. The Kier molecular flexibility index (Phi) is 63.2. The van der Waals surface area contributed by atoms with Crippen LogP contribution < -0.4 is 0 Å². The third-order valence-electron chi connectivity index (χ3n) is 17.2. The van der Waals surface area contributed by atoms with Crippen LogP contribution in [0.25, 0.3) is 0 Å². The van der Waals surface area contributed by atoms with Crippen molar-refractivity contribution in [3.8, 4) is 0 Å². The number of benzene rings is 2. The van der Waals surface area contributed by atoms with E-state index in [2.05, 4.69) is 27.7 Å². The second-order valence-electron chi connectivity index (χ2n) is 25.9. The molecule has 2 aromatic rings. The van der Waals surface area contributed by atoms with Gasteiger partial charge in [-0.3, -0.25) is 0 Å². The Morgan fingerprint density at radius 3 is 0.639 bits per heavy atom. The van der Waals surface area contributed by atoms with E-state index in [0.29, 0.717) is 0 Å². The zero-order valence-electron chi connectivity index (χ0n) is 61.1. The van der Waals surface area contributed by atoms with Crippen LogP contribution in [0.1, 0.15) is 377 Å². The second kappa shape index (κ2) is 65.7. The fraction of sp³-hybridized carbons (Fsp3) is 0.700. The summed E-state index contributed by atoms with van der Waals surface area (Å²) in [6, 6.07) is 6.04. The van der Waals surface area contributed by atoms with Gasteiger partial charge in [0.15, 0.2) is 0 Å². The molecule has 0 amide bonds. The molecule has 0 bridgehead atoms. The molecule has 0 aliphatic carbocycles. The molecule has 2 rings (SSSR count). The average molecular weight is 1420 g/mol. The smallest absolute Gasteiger partial charge is 0.744 e. The third-order valence-corrected chi connectivity index (χ3v) is 18.9. The van der Waals surface area contributed by atoms with Crippen LogP contribution in [0.4, 0.5) is 0 Å². The molecular weight excluding hydrogens is 1290 g/mol. The van der Waals surface area contributed by atoms with Gasteiger partial charge >= 0.3 is 61.6 Å². The number of hydrogen-bond acceptors (Lipinski definition) is 14. The number of carbonyl (C=O) groups excluding carboxylic acids is 4. The molecule has 0 unspecified atom stereocenters.